The van der Waals surface area contributed by atoms with Crippen molar-refractivity contribution in [2.24, 2.45) is 0 Å². The second kappa shape index (κ2) is 8.99. The first-order valence-electron chi connectivity index (χ1n) is 7.51. The van der Waals surface area contributed by atoms with E-state index in [0.29, 0.717) is 0 Å². The first-order chi connectivity index (χ1) is 11.4. The van der Waals surface area contributed by atoms with E-state index in [9.17, 15) is 0 Å². The summed E-state index contributed by atoms with van der Waals surface area (Å²) in [5, 5.41) is 0. The fourth-order valence-corrected chi connectivity index (χ4v) is 5.83. The molecule has 0 fully saturated rings. The van der Waals surface area contributed by atoms with Crippen LogP contribution in [0.15, 0.2) is 89.8 Å². The summed E-state index contributed by atoms with van der Waals surface area (Å²) >= 11 is 1.77. The zero-order chi connectivity index (χ0) is 15.7. The van der Waals surface area contributed by atoms with Crippen LogP contribution in [0.5, 0.6) is 5.75 Å². The molecule has 0 amide bonds. The Kier molecular flexibility index (Phi) is 6.41. The van der Waals surface area contributed by atoms with E-state index in [1.54, 1.807) is 0 Å². The van der Waals surface area contributed by atoms with Crippen LogP contribution in [-0.2, 0) is 0 Å². The molecule has 23 heavy (non-hydrogen) atoms. The van der Waals surface area contributed by atoms with Crippen LogP contribution in [0.3, 0.4) is 0 Å². The minimum absolute atomic E-state index is 0.121. The molecule has 116 valence electrons. The van der Waals surface area contributed by atoms with Gasteiger partial charge in [0.05, 0.1) is 11.5 Å². The van der Waals surface area contributed by atoms with Crippen molar-refractivity contribution in [2.45, 2.75) is 4.90 Å². The average Bonchev–Trinajstić information content (AvgIpc) is 2.62. The van der Waals surface area contributed by atoms with Crippen LogP contribution in [0.1, 0.15) is 0 Å². The largest absolute Gasteiger partial charge is 0.493 e. The molecule has 0 unspecified atom stereocenters. The van der Waals surface area contributed by atoms with Crippen molar-refractivity contribution in [1.29, 1.82) is 0 Å². The van der Waals surface area contributed by atoms with E-state index in [2.05, 4.69) is 54.6 Å². The van der Waals surface area contributed by atoms with Crippen molar-refractivity contribution in [3.05, 3.63) is 92.1 Å². The van der Waals surface area contributed by atoms with Gasteiger partial charge in [-0.2, -0.15) is 0 Å². The summed E-state index contributed by atoms with van der Waals surface area (Å²) in [4.78, 5) is 1.39. The van der Waals surface area contributed by atoms with Gasteiger partial charge in [0, 0.05) is 5.75 Å². The van der Waals surface area contributed by atoms with Gasteiger partial charge in [-0.05, 0) is 36.4 Å². The molecule has 0 saturated heterocycles. The van der Waals surface area contributed by atoms with Crippen LogP contribution in [-0.4, -0.2) is 12.4 Å². The highest BCUT2D eigenvalue weighted by molar-refractivity contribution is 7.99. The summed E-state index contributed by atoms with van der Waals surface area (Å²) in [5.74, 6) is 1.91. The maximum Gasteiger partial charge on any atom is 0.359 e. The fourth-order valence-electron chi connectivity index (χ4n) is 2.06. The van der Waals surface area contributed by atoms with E-state index in [4.69, 9.17) is 4.74 Å². The summed E-state index contributed by atoms with van der Waals surface area (Å²) in [6.45, 7) is 0.729. The molecule has 0 bridgehead atoms. The van der Waals surface area contributed by atoms with Gasteiger partial charge < -0.3 is 4.74 Å². The normalized spacial score (nSPS) is 10.4. The zero-order valence-electron chi connectivity index (χ0n) is 12.7. The average molecular weight is 433 g/mol. The highest BCUT2D eigenvalue weighted by Gasteiger charge is 2.19. The Hall–Kier alpha value is -1.46. The molecule has 0 N–H and O–H groups in total. The van der Waals surface area contributed by atoms with Crippen molar-refractivity contribution in [3.63, 3.8) is 0 Å². The Bertz CT molecular complexity index is 716. The molecule has 0 aromatic heterocycles. The number of ether oxygens (including phenoxy) is 1. The van der Waals surface area contributed by atoms with Gasteiger partial charge in [0.2, 0.25) is 3.57 Å². The lowest BCUT2D eigenvalue weighted by molar-refractivity contribution is -0.601. The van der Waals surface area contributed by atoms with Gasteiger partial charge in [-0.3, -0.25) is 0 Å². The number of hydrogen-bond donors (Lipinski definition) is 0. The molecule has 0 heterocycles. The summed E-state index contributed by atoms with van der Waals surface area (Å²) < 4.78 is 8.72. The van der Waals surface area contributed by atoms with Crippen molar-refractivity contribution in [1.82, 2.24) is 0 Å². The van der Waals surface area contributed by atoms with Crippen LogP contribution >= 0.6 is 11.8 Å². The van der Waals surface area contributed by atoms with E-state index in [1.165, 1.54) is 12.0 Å². The first kappa shape index (κ1) is 16.4. The first-order valence-corrected chi connectivity index (χ1v) is 10.7. The second-order valence-electron chi connectivity index (χ2n) is 4.83. The number of benzene rings is 3. The molecular weight excluding hydrogens is 415 g/mol. The van der Waals surface area contributed by atoms with Gasteiger partial charge in [-0.15, -0.1) is 11.8 Å². The van der Waals surface area contributed by atoms with Gasteiger partial charge in [0.1, 0.15) is 5.75 Å². The van der Waals surface area contributed by atoms with Gasteiger partial charge in [0.25, 0.3) is 0 Å². The minimum atomic E-state index is -0.121. The van der Waals surface area contributed by atoms with Crippen LogP contribution in [0.25, 0.3) is 0 Å². The molecule has 0 saturated carbocycles. The van der Waals surface area contributed by atoms with E-state index in [0.717, 1.165) is 18.1 Å². The predicted molar refractivity (Wildman–Crippen MR) is 92.9 cm³/mol. The third kappa shape index (κ3) is 5.29. The third-order valence-corrected chi connectivity index (χ3v) is 7.40. The predicted octanol–water partition coefficient (Wildman–Crippen LogP) is 1.99. The molecule has 3 aromatic carbocycles. The van der Waals surface area contributed by atoms with E-state index in [1.807, 2.05) is 42.1 Å². The van der Waals surface area contributed by atoms with Crippen LogP contribution in [0.2, 0.25) is 0 Å². The molecule has 0 spiro atoms. The lowest BCUT2D eigenvalue weighted by Gasteiger charge is -2.05. The Morgan fingerprint density at radius 3 is 2.17 bits per heavy atom. The van der Waals surface area contributed by atoms with Gasteiger partial charge in [0.15, 0.2) is 3.57 Å². The van der Waals surface area contributed by atoms with Crippen LogP contribution in [0, 0.1) is 7.14 Å². The highest BCUT2D eigenvalue weighted by atomic mass is 127. The van der Waals surface area contributed by atoms with Crippen LogP contribution < -0.4 is 25.9 Å². The summed E-state index contributed by atoms with van der Waals surface area (Å²) in [6.07, 6.45) is 0. The topological polar surface area (TPSA) is 9.23 Å². The van der Waals surface area contributed by atoms with Crippen molar-refractivity contribution < 1.29 is 25.9 Å². The molecule has 3 aromatic rings. The fraction of sp³-hybridized carbons (Fsp3) is 0.100. The molecule has 0 aliphatic rings. The van der Waals surface area contributed by atoms with Gasteiger partial charge in [-0.25, -0.2) is 0 Å². The van der Waals surface area contributed by atoms with Crippen molar-refractivity contribution >= 4 is 11.8 Å². The van der Waals surface area contributed by atoms with Crippen molar-refractivity contribution in [3.8, 4) is 5.75 Å². The molecule has 0 atom stereocenters. The molecular formula is C20H18IOS+. The minimum Gasteiger partial charge on any atom is -0.493 e. The number of para-hydroxylation sites is 1. The maximum atomic E-state index is 5.77. The van der Waals surface area contributed by atoms with E-state index >= 15 is 0 Å². The summed E-state index contributed by atoms with van der Waals surface area (Å²) in [5.41, 5.74) is 0. The molecule has 1 nitrogen and oxygen atoms in total. The Morgan fingerprint density at radius 2 is 1.39 bits per heavy atom. The molecule has 0 aliphatic heterocycles. The monoisotopic (exact) mass is 433 g/mol. The molecule has 0 aliphatic carbocycles. The summed E-state index contributed by atoms with van der Waals surface area (Å²) in [6, 6.07) is 29.5. The zero-order valence-corrected chi connectivity index (χ0v) is 15.7. The Balaban J connectivity index is 1.55. The number of halogens is 1. The van der Waals surface area contributed by atoms with Crippen LogP contribution in [0.4, 0.5) is 0 Å². The lowest BCUT2D eigenvalue weighted by Crippen LogP contribution is -3.61. The maximum absolute atomic E-state index is 5.77. The Labute approximate surface area is 152 Å². The number of hydrogen-bond acceptors (Lipinski definition) is 2. The molecule has 0 radical (unpaired) electrons. The van der Waals surface area contributed by atoms with Gasteiger partial charge in [-0.1, -0.05) is 48.5 Å². The van der Waals surface area contributed by atoms with E-state index in [-0.39, 0.29) is 21.2 Å². The standard InChI is InChI=1S/C20H18IOS/c1-3-9-17(10-4-1)21-19-13-7-8-14-20(19)23-16-15-22-18-11-5-2-6-12-18/h1-14H,15-16H2/q+1. The Morgan fingerprint density at radius 1 is 0.739 bits per heavy atom. The van der Waals surface area contributed by atoms with Gasteiger partial charge >= 0.3 is 21.2 Å². The van der Waals surface area contributed by atoms with Crippen molar-refractivity contribution in [2.75, 3.05) is 12.4 Å². The van der Waals surface area contributed by atoms with E-state index < -0.39 is 0 Å². The quantitative estimate of drug-likeness (QED) is 0.320. The molecule has 3 heteroatoms. The third-order valence-electron chi connectivity index (χ3n) is 3.13. The molecule has 3 rings (SSSR count). The SMILES string of the molecule is c1ccc(OCCSc2ccccc2[I+]c2ccccc2)cc1. The second-order valence-corrected chi connectivity index (χ2v) is 8.91. The summed E-state index contributed by atoms with van der Waals surface area (Å²) in [7, 11) is 0. The lowest BCUT2D eigenvalue weighted by atomic mass is 10.3. The highest BCUT2D eigenvalue weighted by Crippen LogP contribution is 2.17. The number of thioether (sulfide) groups is 1. The smallest absolute Gasteiger partial charge is 0.359 e. The number of rotatable bonds is 7.